The molecule has 182 valence electrons. The Labute approximate surface area is 208 Å². The first kappa shape index (κ1) is 24.3. The lowest BCUT2D eigenvalue weighted by molar-refractivity contribution is -0.139. The molecule has 0 saturated carbocycles. The molecule has 1 amide bonds. The summed E-state index contributed by atoms with van der Waals surface area (Å²) >= 11 is 6.25. The zero-order valence-corrected chi connectivity index (χ0v) is 20.2. The highest BCUT2D eigenvalue weighted by atomic mass is 35.5. The Morgan fingerprint density at radius 1 is 1.14 bits per heavy atom. The van der Waals surface area contributed by atoms with Crippen LogP contribution in [0.2, 0.25) is 5.02 Å². The minimum Gasteiger partial charge on any atom is -0.507 e. The third-order valence-corrected chi connectivity index (χ3v) is 6.14. The average Bonchev–Trinajstić information content (AvgIpc) is 3.46. The van der Waals surface area contributed by atoms with E-state index in [4.69, 9.17) is 21.1 Å². The second-order valence-corrected chi connectivity index (χ2v) is 8.41. The number of ketones is 1. The van der Waals surface area contributed by atoms with E-state index in [1.54, 1.807) is 48.9 Å². The second kappa shape index (κ2) is 10.7. The quantitative estimate of drug-likeness (QED) is 0.268. The molecule has 0 bridgehead atoms. The molecule has 1 aliphatic rings. The molecule has 9 heteroatoms. The number of imidazole rings is 1. The summed E-state index contributed by atoms with van der Waals surface area (Å²) in [4.78, 5) is 31.8. The summed E-state index contributed by atoms with van der Waals surface area (Å²) in [7, 11) is 1.49. The number of nitrogens with zero attached hydrogens (tertiary/aromatic N) is 3. The summed E-state index contributed by atoms with van der Waals surface area (Å²) in [5, 5.41) is 11.5. The maximum atomic E-state index is 13.2. The second-order valence-electron chi connectivity index (χ2n) is 8.00. The van der Waals surface area contributed by atoms with E-state index >= 15 is 0 Å². The molecule has 1 aromatic heterocycles. The number of carbonyl (C=O) groups excluding carboxylic acids is 2. The molecule has 1 atom stereocenters. The van der Waals surface area contributed by atoms with E-state index in [0.29, 0.717) is 48.7 Å². The van der Waals surface area contributed by atoms with Gasteiger partial charge in [0.2, 0.25) is 0 Å². The third kappa shape index (κ3) is 5.02. The summed E-state index contributed by atoms with van der Waals surface area (Å²) in [6, 6.07) is 11.1. The van der Waals surface area contributed by atoms with Gasteiger partial charge in [0.25, 0.3) is 11.7 Å². The maximum absolute atomic E-state index is 13.2. The van der Waals surface area contributed by atoms with E-state index in [-0.39, 0.29) is 16.4 Å². The standard InChI is InChI=1S/C26H26ClN3O5/c1-3-35-19-8-5-17(6-9-19)23-22(24(31)18-7-10-21(34-2)20(27)15-18)25(32)26(33)30(23)13-4-12-29-14-11-28-16-29/h5-11,14-16,23,31H,3-4,12-13H2,1-2H3. The van der Waals surface area contributed by atoms with Crippen LogP contribution in [-0.2, 0) is 16.1 Å². The van der Waals surface area contributed by atoms with Crippen LogP contribution in [0.5, 0.6) is 11.5 Å². The minimum atomic E-state index is -0.755. The number of aryl methyl sites for hydroxylation is 1. The van der Waals surface area contributed by atoms with Crippen LogP contribution in [0.25, 0.3) is 5.76 Å². The number of ether oxygens (including phenoxy) is 2. The molecule has 4 rings (SSSR count). The summed E-state index contributed by atoms with van der Waals surface area (Å²) in [6.45, 7) is 3.36. The fourth-order valence-electron chi connectivity index (χ4n) is 4.18. The number of aromatic nitrogens is 2. The fraction of sp³-hybridized carbons (Fsp3) is 0.269. The lowest BCUT2D eigenvalue weighted by atomic mass is 9.95. The van der Waals surface area contributed by atoms with Crippen molar-refractivity contribution in [1.29, 1.82) is 0 Å². The molecular weight excluding hydrogens is 470 g/mol. The van der Waals surface area contributed by atoms with Crippen LogP contribution in [0.1, 0.15) is 30.5 Å². The highest BCUT2D eigenvalue weighted by Crippen LogP contribution is 2.40. The maximum Gasteiger partial charge on any atom is 0.295 e. The van der Waals surface area contributed by atoms with Gasteiger partial charge in [-0.2, -0.15) is 0 Å². The number of aliphatic hydroxyl groups is 1. The van der Waals surface area contributed by atoms with Gasteiger partial charge in [-0.25, -0.2) is 4.98 Å². The predicted molar refractivity (Wildman–Crippen MR) is 131 cm³/mol. The number of likely N-dealkylation sites (tertiary alicyclic amines) is 1. The van der Waals surface area contributed by atoms with Crippen molar-refractivity contribution in [3.05, 3.63) is 82.9 Å². The first-order valence-electron chi connectivity index (χ1n) is 11.3. The normalized spacial score (nSPS) is 17.1. The third-order valence-electron chi connectivity index (χ3n) is 5.85. The Morgan fingerprint density at radius 3 is 2.54 bits per heavy atom. The summed E-state index contributed by atoms with van der Waals surface area (Å²) < 4.78 is 12.6. The molecular formula is C26H26ClN3O5. The number of hydrogen-bond acceptors (Lipinski definition) is 6. The van der Waals surface area contributed by atoms with Crippen molar-refractivity contribution >= 4 is 29.1 Å². The lowest BCUT2D eigenvalue weighted by Crippen LogP contribution is -2.31. The van der Waals surface area contributed by atoms with E-state index in [1.807, 2.05) is 17.7 Å². The highest BCUT2D eigenvalue weighted by Gasteiger charge is 2.45. The number of Topliss-reactive ketones (excluding diaryl/α,β-unsaturated/α-hetero) is 1. The molecule has 2 heterocycles. The Kier molecular flexibility index (Phi) is 7.41. The molecule has 0 aliphatic carbocycles. The first-order valence-corrected chi connectivity index (χ1v) is 11.6. The van der Waals surface area contributed by atoms with Crippen LogP contribution < -0.4 is 9.47 Å². The molecule has 0 spiro atoms. The van der Waals surface area contributed by atoms with Crippen LogP contribution in [-0.4, -0.2) is 51.5 Å². The number of halogens is 1. The molecule has 1 N–H and O–H groups in total. The van der Waals surface area contributed by atoms with Gasteiger partial charge in [0.1, 0.15) is 17.3 Å². The number of aliphatic hydroxyl groups excluding tert-OH is 1. The van der Waals surface area contributed by atoms with Gasteiger partial charge >= 0.3 is 0 Å². The van der Waals surface area contributed by atoms with E-state index in [2.05, 4.69) is 4.98 Å². The molecule has 35 heavy (non-hydrogen) atoms. The summed E-state index contributed by atoms with van der Waals surface area (Å²) in [6.07, 6.45) is 5.83. The smallest absolute Gasteiger partial charge is 0.295 e. The van der Waals surface area contributed by atoms with Gasteiger partial charge in [-0.05, 0) is 49.2 Å². The van der Waals surface area contributed by atoms with E-state index in [0.717, 1.165) is 0 Å². The SMILES string of the molecule is CCOc1ccc(C2C(=C(O)c3ccc(OC)c(Cl)c3)C(=O)C(=O)N2CCCn2ccnc2)cc1. The predicted octanol–water partition coefficient (Wildman–Crippen LogP) is 4.46. The van der Waals surface area contributed by atoms with E-state index in [9.17, 15) is 14.7 Å². The number of hydrogen-bond donors (Lipinski definition) is 1. The van der Waals surface area contributed by atoms with Crippen LogP contribution >= 0.6 is 11.6 Å². The molecule has 1 fully saturated rings. The van der Waals surface area contributed by atoms with Crippen molar-refractivity contribution in [3.63, 3.8) is 0 Å². The number of amides is 1. The Hall–Kier alpha value is -3.78. The van der Waals surface area contributed by atoms with Crippen molar-refractivity contribution in [2.45, 2.75) is 25.9 Å². The zero-order chi connectivity index (χ0) is 24.9. The van der Waals surface area contributed by atoms with Crippen LogP contribution in [0.15, 0.2) is 66.8 Å². The molecule has 1 unspecified atom stereocenters. The minimum absolute atomic E-state index is 0.0167. The summed E-state index contributed by atoms with van der Waals surface area (Å²) in [5.41, 5.74) is 1.03. The number of carbonyl (C=O) groups is 2. The van der Waals surface area contributed by atoms with Crippen LogP contribution in [0, 0.1) is 0 Å². The van der Waals surface area contributed by atoms with Gasteiger partial charge in [-0.15, -0.1) is 0 Å². The van der Waals surface area contributed by atoms with Crippen molar-refractivity contribution in [2.75, 3.05) is 20.3 Å². The van der Waals surface area contributed by atoms with Crippen molar-refractivity contribution in [3.8, 4) is 11.5 Å². The number of rotatable bonds is 9. The van der Waals surface area contributed by atoms with Gasteiger partial charge in [-0.3, -0.25) is 9.59 Å². The van der Waals surface area contributed by atoms with Crippen molar-refractivity contribution in [2.24, 2.45) is 0 Å². The van der Waals surface area contributed by atoms with Gasteiger partial charge < -0.3 is 24.0 Å². The molecule has 1 aliphatic heterocycles. The number of benzene rings is 2. The number of methoxy groups -OCH3 is 1. The highest BCUT2D eigenvalue weighted by molar-refractivity contribution is 6.46. The van der Waals surface area contributed by atoms with E-state index in [1.165, 1.54) is 18.1 Å². The van der Waals surface area contributed by atoms with Gasteiger partial charge in [-0.1, -0.05) is 23.7 Å². The largest absolute Gasteiger partial charge is 0.507 e. The van der Waals surface area contributed by atoms with Crippen molar-refractivity contribution < 1.29 is 24.2 Å². The molecule has 1 saturated heterocycles. The molecule has 8 nitrogen and oxygen atoms in total. The molecule has 3 aromatic rings. The summed E-state index contributed by atoms with van der Waals surface area (Å²) in [5.74, 6) is -0.572. The fourth-order valence-corrected chi connectivity index (χ4v) is 4.44. The average molecular weight is 496 g/mol. The first-order chi connectivity index (χ1) is 16.9. The Morgan fingerprint density at radius 2 is 1.91 bits per heavy atom. The molecule has 0 radical (unpaired) electrons. The lowest BCUT2D eigenvalue weighted by Gasteiger charge is -2.25. The monoisotopic (exact) mass is 495 g/mol. The van der Waals surface area contributed by atoms with Crippen molar-refractivity contribution in [1.82, 2.24) is 14.5 Å². The Bertz CT molecular complexity index is 1240. The van der Waals surface area contributed by atoms with Gasteiger partial charge in [0.15, 0.2) is 0 Å². The van der Waals surface area contributed by atoms with E-state index < -0.39 is 17.7 Å². The topological polar surface area (TPSA) is 93.9 Å². The molecule has 2 aromatic carbocycles. The van der Waals surface area contributed by atoms with Gasteiger partial charge in [0, 0.05) is 31.0 Å². The Balaban J connectivity index is 1.73. The van der Waals surface area contributed by atoms with Gasteiger partial charge in [0.05, 0.1) is 36.7 Å². The van der Waals surface area contributed by atoms with Crippen LogP contribution in [0.3, 0.4) is 0 Å². The zero-order valence-electron chi connectivity index (χ0n) is 19.5. The van der Waals surface area contributed by atoms with Crippen LogP contribution in [0.4, 0.5) is 0 Å².